The molecule has 0 spiro atoms. The van der Waals surface area contributed by atoms with E-state index in [-0.39, 0.29) is 11.8 Å². The highest BCUT2D eigenvalue weighted by Gasteiger charge is 2.35. The van der Waals surface area contributed by atoms with Crippen molar-refractivity contribution in [3.8, 4) is 0 Å². The smallest absolute Gasteiger partial charge is 0.276 e. The Morgan fingerprint density at radius 3 is 2.69 bits per heavy atom. The molecule has 7 heteroatoms. The largest absolute Gasteiger partial charge is 0.319 e. The van der Waals surface area contributed by atoms with Crippen molar-refractivity contribution in [2.45, 2.75) is 33.2 Å². The Morgan fingerprint density at radius 1 is 1.23 bits per heavy atom. The lowest BCUT2D eigenvalue weighted by atomic mass is 10.2. The summed E-state index contributed by atoms with van der Waals surface area (Å²) in [4.78, 5) is 30.0. The van der Waals surface area contributed by atoms with E-state index in [0.29, 0.717) is 41.5 Å². The molecule has 1 aromatic heterocycles. The second kappa shape index (κ2) is 6.57. The molecule has 2 aromatic rings. The number of hydrogen-bond donors (Lipinski definition) is 1. The fourth-order valence-electron chi connectivity index (χ4n) is 3.83. The zero-order chi connectivity index (χ0) is 18.3. The lowest BCUT2D eigenvalue weighted by Crippen LogP contribution is -2.37. The van der Waals surface area contributed by atoms with E-state index in [9.17, 15) is 9.59 Å². The number of carbonyl (C=O) groups excluding carboxylic acids is 2. The number of nitrogens with zero attached hydrogens (tertiary/aromatic N) is 4. The zero-order valence-electron chi connectivity index (χ0n) is 15.2. The van der Waals surface area contributed by atoms with Crippen LogP contribution in [0.3, 0.4) is 0 Å². The normalized spacial score (nSPS) is 16.8. The number of fused-ring (bicyclic) bond motifs is 2. The first kappa shape index (κ1) is 16.8. The number of benzene rings is 1. The predicted octanol–water partition coefficient (Wildman–Crippen LogP) is 2.54. The topological polar surface area (TPSA) is 70.5 Å². The van der Waals surface area contributed by atoms with Gasteiger partial charge in [-0.2, -0.15) is 5.10 Å². The van der Waals surface area contributed by atoms with E-state index >= 15 is 0 Å². The minimum Gasteiger partial charge on any atom is -0.319 e. The fraction of sp³-hybridized carbons (Fsp3) is 0.421. The molecule has 0 radical (unpaired) electrons. The van der Waals surface area contributed by atoms with Crippen LogP contribution in [0.1, 0.15) is 35.9 Å². The molecule has 26 heavy (non-hydrogen) atoms. The molecule has 1 saturated heterocycles. The molecule has 0 aliphatic carbocycles. The van der Waals surface area contributed by atoms with Gasteiger partial charge in [-0.25, -0.2) is 0 Å². The summed E-state index contributed by atoms with van der Waals surface area (Å²) in [5.74, 6) is -0.262. The van der Waals surface area contributed by atoms with Crippen LogP contribution in [-0.2, 0) is 11.3 Å². The molecule has 0 atom stereocenters. The summed E-state index contributed by atoms with van der Waals surface area (Å²) < 4.78 is 1.67. The number of aromatic nitrogens is 2. The molecule has 4 rings (SSSR count). The summed E-state index contributed by atoms with van der Waals surface area (Å²) >= 11 is 0. The first-order valence-electron chi connectivity index (χ1n) is 9.13. The summed E-state index contributed by atoms with van der Waals surface area (Å²) in [6.07, 6.45) is 2.25. The van der Waals surface area contributed by atoms with Crippen molar-refractivity contribution in [3.63, 3.8) is 0 Å². The molecule has 0 saturated carbocycles. The number of rotatable bonds is 3. The number of amides is 2. The van der Waals surface area contributed by atoms with Crippen LogP contribution in [-0.4, -0.2) is 46.1 Å². The van der Waals surface area contributed by atoms with Crippen molar-refractivity contribution in [1.29, 1.82) is 0 Å². The molecule has 1 N–H and O–H groups in total. The van der Waals surface area contributed by atoms with Crippen LogP contribution in [0.25, 0.3) is 0 Å². The summed E-state index contributed by atoms with van der Waals surface area (Å²) in [7, 11) is 0. The third kappa shape index (κ3) is 2.68. The quantitative estimate of drug-likeness (QED) is 0.921. The Kier molecular flexibility index (Phi) is 4.24. The molecule has 2 aliphatic rings. The summed E-state index contributed by atoms with van der Waals surface area (Å²) in [5, 5.41) is 7.43. The van der Waals surface area contributed by atoms with E-state index in [0.717, 1.165) is 25.9 Å². The first-order valence-corrected chi connectivity index (χ1v) is 9.13. The van der Waals surface area contributed by atoms with E-state index in [1.54, 1.807) is 9.58 Å². The van der Waals surface area contributed by atoms with Crippen molar-refractivity contribution in [2.24, 2.45) is 0 Å². The molecule has 2 amide bonds. The first-order chi connectivity index (χ1) is 12.6. The lowest BCUT2D eigenvalue weighted by molar-refractivity contribution is -0.118. The molecular formula is C19H23N5O2. The fourth-order valence-corrected chi connectivity index (χ4v) is 3.83. The number of para-hydroxylation sites is 2. The second-order valence-electron chi connectivity index (χ2n) is 6.78. The van der Waals surface area contributed by atoms with Gasteiger partial charge in [-0.05, 0) is 51.9 Å². The lowest BCUT2D eigenvalue weighted by Gasteiger charge is -2.25. The number of aryl methyl sites for hydroxylation is 2. The molecule has 1 fully saturated rings. The maximum Gasteiger partial charge on any atom is 0.276 e. The minimum atomic E-state index is -0.230. The van der Waals surface area contributed by atoms with Gasteiger partial charge >= 0.3 is 0 Å². The Morgan fingerprint density at radius 2 is 1.96 bits per heavy atom. The van der Waals surface area contributed by atoms with Crippen LogP contribution in [0.2, 0.25) is 0 Å². The van der Waals surface area contributed by atoms with Crippen LogP contribution in [0.4, 0.5) is 17.1 Å². The molecule has 3 heterocycles. The molecule has 2 aliphatic heterocycles. The number of hydrogen-bond acceptors (Lipinski definition) is 4. The van der Waals surface area contributed by atoms with Gasteiger partial charge in [-0.3, -0.25) is 24.1 Å². The van der Waals surface area contributed by atoms with Gasteiger partial charge in [0.05, 0.1) is 23.6 Å². The molecule has 7 nitrogen and oxygen atoms in total. The molecule has 136 valence electrons. The third-order valence-corrected chi connectivity index (χ3v) is 5.03. The maximum absolute atomic E-state index is 13.3. The second-order valence-corrected chi connectivity index (χ2v) is 6.78. The van der Waals surface area contributed by atoms with Gasteiger partial charge in [0.25, 0.3) is 5.91 Å². The third-order valence-electron chi connectivity index (χ3n) is 5.03. The van der Waals surface area contributed by atoms with Crippen LogP contribution < -0.4 is 10.2 Å². The maximum atomic E-state index is 13.3. The monoisotopic (exact) mass is 353 g/mol. The van der Waals surface area contributed by atoms with Crippen LogP contribution in [0.5, 0.6) is 0 Å². The van der Waals surface area contributed by atoms with Gasteiger partial charge in [0.2, 0.25) is 5.91 Å². The van der Waals surface area contributed by atoms with Crippen LogP contribution in [0, 0.1) is 6.92 Å². The zero-order valence-corrected chi connectivity index (χ0v) is 15.2. The van der Waals surface area contributed by atoms with Gasteiger partial charge in [0, 0.05) is 6.54 Å². The number of likely N-dealkylation sites (tertiary alicyclic amines) is 1. The van der Waals surface area contributed by atoms with Crippen molar-refractivity contribution in [2.75, 3.05) is 29.9 Å². The Hall–Kier alpha value is -2.67. The summed E-state index contributed by atoms with van der Waals surface area (Å²) in [6, 6.07) is 7.44. The van der Waals surface area contributed by atoms with E-state index < -0.39 is 0 Å². The standard InChI is InChI=1S/C19H23N5O2/c1-3-23-18-17(13(2)21-23)24(16(25)12-22-10-6-7-11-22)15-9-5-4-8-14(15)20-19(18)26/h4-5,8-9H,3,6-7,10-12H2,1-2H3,(H,20,26). The molecule has 0 unspecified atom stereocenters. The van der Waals surface area contributed by atoms with Crippen molar-refractivity contribution in [3.05, 3.63) is 35.7 Å². The summed E-state index contributed by atoms with van der Waals surface area (Å²) in [5.41, 5.74) is 3.06. The SMILES string of the molecule is CCn1nc(C)c2c1C(=O)Nc1ccccc1N2C(=O)CN1CCCC1. The number of carbonyl (C=O) groups is 2. The number of anilines is 3. The Labute approximate surface area is 152 Å². The Bertz CT molecular complexity index is 867. The molecular weight excluding hydrogens is 330 g/mol. The molecule has 1 aromatic carbocycles. The van der Waals surface area contributed by atoms with E-state index in [2.05, 4.69) is 15.3 Å². The van der Waals surface area contributed by atoms with Crippen LogP contribution >= 0.6 is 0 Å². The van der Waals surface area contributed by atoms with E-state index in [1.165, 1.54) is 0 Å². The van der Waals surface area contributed by atoms with Crippen LogP contribution in [0.15, 0.2) is 24.3 Å². The minimum absolute atomic E-state index is 0.0316. The van der Waals surface area contributed by atoms with Crippen molar-refractivity contribution >= 4 is 28.9 Å². The van der Waals surface area contributed by atoms with Gasteiger partial charge in [0.15, 0.2) is 5.69 Å². The van der Waals surface area contributed by atoms with Crippen molar-refractivity contribution in [1.82, 2.24) is 14.7 Å². The Balaban J connectivity index is 1.85. The number of nitrogens with one attached hydrogen (secondary N) is 1. The van der Waals surface area contributed by atoms with Gasteiger partial charge in [0.1, 0.15) is 5.69 Å². The highest BCUT2D eigenvalue weighted by molar-refractivity contribution is 6.17. The van der Waals surface area contributed by atoms with Gasteiger partial charge in [-0.1, -0.05) is 12.1 Å². The average Bonchev–Trinajstić information content (AvgIpc) is 3.21. The molecule has 0 bridgehead atoms. The highest BCUT2D eigenvalue weighted by atomic mass is 16.2. The van der Waals surface area contributed by atoms with Crippen molar-refractivity contribution < 1.29 is 9.59 Å². The highest BCUT2D eigenvalue weighted by Crippen LogP contribution is 2.39. The van der Waals surface area contributed by atoms with E-state index in [1.807, 2.05) is 38.1 Å². The average molecular weight is 353 g/mol. The van der Waals surface area contributed by atoms with Gasteiger partial charge < -0.3 is 5.32 Å². The predicted molar refractivity (Wildman–Crippen MR) is 99.9 cm³/mol. The van der Waals surface area contributed by atoms with Gasteiger partial charge in [-0.15, -0.1) is 0 Å². The summed E-state index contributed by atoms with van der Waals surface area (Å²) in [6.45, 7) is 6.58. The van der Waals surface area contributed by atoms with E-state index in [4.69, 9.17) is 0 Å².